The third-order valence-corrected chi connectivity index (χ3v) is 2.41. The SMILES string of the molecule is C#CCNCC(=O)Nc1ccccc1CCC(=O)O. The molecule has 3 N–H and O–H groups in total. The highest BCUT2D eigenvalue weighted by atomic mass is 16.4. The third kappa shape index (κ3) is 5.70. The lowest BCUT2D eigenvalue weighted by Crippen LogP contribution is -2.28. The van der Waals surface area contributed by atoms with Crippen molar-refractivity contribution in [1.29, 1.82) is 0 Å². The summed E-state index contributed by atoms with van der Waals surface area (Å²) in [4.78, 5) is 22.2. The fourth-order valence-electron chi connectivity index (χ4n) is 1.54. The zero-order valence-electron chi connectivity index (χ0n) is 10.5. The molecule has 0 aromatic heterocycles. The number of aliphatic carboxylic acids is 1. The van der Waals surface area contributed by atoms with E-state index < -0.39 is 5.97 Å². The van der Waals surface area contributed by atoms with Crippen molar-refractivity contribution in [3.8, 4) is 12.3 Å². The van der Waals surface area contributed by atoms with Gasteiger partial charge in [0.2, 0.25) is 5.91 Å². The molecule has 1 rings (SSSR count). The van der Waals surface area contributed by atoms with Crippen LogP contribution in [0.1, 0.15) is 12.0 Å². The summed E-state index contributed by atoms with van der Waals surface area (Å²) < 4.78 is 0. The highest BCUT2D eigenvalue weighted by molar-refractivity contribution is 5.93. The maximum atomic E-state index is 11.6. The van der Waals surface area contributed by atoms with Gasteiger partial charge in [0.15, 0.2) is 0 Å². The normalized spacial score (nSPS) is 9.63. The van der Waals surface area contributed by atoms with E-state index in [0.29, 0.717) is 18.7 Å². The van der Waals surface area contributed by atoms with Crippen molar-refractivity contribution in [1.82, 2.24) is 5.32 Å². The minimum Gasteiger partial charge on any atom is -0.481 e. The molecule has 19 heavy (non-hydrogen) atoms. The van der Waals surface area contributed by atoms with Gasteiger partial charge in [-0.2, -0.15) is 0 Å². The van der Waals surface area contributed by atoms with Gasteiger partial charge in [-0.3, -0.25) is 14.9 Å². The molecule has 0 radical (unpaired) electrons. The molecule has 0 saturated heterocycles. The quantitative estimate of drug-likeness (QED) is 0.502. The lowest BCUT2D eigenvalue weighted by Gasteiger charge is -2.10. The number of carboxylic acids is 1. The number of hydrogen-bond donors (Lipinski definition) is 3. The lowest BCUT2D eigenvalue weighted by molar-refractivity contribution is -0.136. The number of para-hydroxylation sites is 1. The van der Waals surface area contributed by atoms with E-state index in [0.717, 1.165) is 5.56 Å². The summed E-state index contributed by atoms with van der Waals surface area (Å²) in [5, 5.41) is 14.2. The van der Waals surface area contributed by atoms with Crippen LogP contribution in [0.2, 0.25) is 0 Å². The van der Waals surface area contributed by atoms with Crippen LogP contribution in [0.3, 0.4) is 0 Å². The van der Waals surface area contributed by atoms with Gasteiger partial charge in [0.1, 0.15) is 0 Å². The Balaban J connectivity index is 2.59. The van der Waals surface area contributed by atoms with E-state index in [1.54, 1.807) is 18.2 Å². The van der Waals surface area contributed by atoms with E-state index in [1.807, 2.05) is 6.07 Å². The maximum Gasteiger partial charge on any atom is 0.303 e. The van der Waals surface area contributed by atoms with E-state index in [-0.39, 0.29) is 18.9 Å². The Hall–Kier alpha value is -2.32. The van der Waals surface area contributed by atoms with Crippen LogP contribution < -0.4 is 10.6 Å². The van der Waals surface area contributed by atoms with Crippen LogP contribution in [0.4, 0.5) is 5.69 Å². The largest absolute Gasteiger partial charge is 0.481 e. The van der Waals surface area contributed by atoms with Crippen LogP contribution in [-0.2, 0) is 16.0 Å². The predicted molar refractivity (Wildman–Crippen MR) is 72.7 cm³/mol. The highest BCUT2D eigenvalue weighted by Crippen LogP contribution is 2.16. The smallest absolute Gasteiger partial charge is 0.303 e. The summed E-state index contributed by atoms with van der Waals surface area (Å²) in [5.41, 5.74) is 1.44. The Kier molecular flexibility index (Phi) is 6.13. The molecule has 1 aromatic carbocycles. The summed E-state index contributed by atoms with van der Waals surface area (Å²) in [6.07, 6.45) is 5.47. The summed E-state index contributed by atoms with van der Waals surface area (Å²) in [6, 6.07) is 7.14. The van der Waals surface area contributed by atoms with Crippen LogP contribution in [0.25, 0.3) is 0 Å². The number of carbonyl (C=O) groups is 2. The van der Waals surface area contributed by atoms with E-state index >= 15 is 0 Å². The van der Waals surface area contributed by atoms with Gasteiger partial charge in [0, 0.05) is 12.1 Å². The molecule has 0 fully saturated rings. The zero-order chi connectivity index (χ0) is 14.1. The average Bonchev–Trinajstić information content (AvgIpc) is 2.38. The molecule has 1 amide bonds. The fourth-order valence-corrected chi connectivity index (χ4v) is 1.54. The second kappa shape index (κ2) is 7.90. The summed E-state index contributed by atoms with van der Waals surface area (Å²) in [5.74, 6) is 1.30. The van der Waals surface area contributed by atoms with Gasteiger partial charge in [-0.05, 0) is 18.1 Å². The van der Waals surface area contributed by atoms with Gasteiger partial charge in [0.05, 0.1) is 13.1 Å². The van der Waals surface area contributed by atoms with Crippen LogP contribution in [0.15, 0.2) is 24.3 Å². The number of carbonyl (C=O) groups excluding carboxylic acids is 1. The molecular weight excluding hydrogens is 244 g/mol. The first-order chi connectivity index (χ1) is 9.13. The van der Waals surface area contributed by atoms with Crippen molar-refractivity contribution in [2.45, 2.75) is 12.8 Å². The van der Waals surface area contributed by atoms with Crippen LogP contribution in [0, 0.1) is 12.3 Å². The number of hydrogen-bond acceptors (Lipinski definition) is 3. The van der Waals surface area contributed by atoms with Gasteiger partial charge in [-0.15, -0.1) is 6.42 Å². The van der Waals surface area contributed by atoms with E-state index in [9.17, 15) is 9.59 Å². The monoisotopic (exact) mass is 260 g/mol. The number of amides is 1. The second-order valence-electron chi connectivity index (χ2n) is 3.91. The molecule has 5 heteroatoms. The van der Waals surface area contributed by atoms with Crippen molar-refractivity contribution in [3.05, 3.63) is 29.8 Å². The molecule has 0 aliphatic rings. The number of carboxylic acid groups (broad SMARTS) is 1. The summed E-state index contributed by atoms with van der Waals surface area (Å²) in [7, 11) is 0. The van der Waals surface area contributed by atoms with E-state index in [1.165, 1.54) is 0 Å². The number of terminal acetylenes is 1. The number of nitrogens with one attached hydrogen (secondary N) is 2. The standard InChI is InChI=1S/C14H16N2O3/c1-2-9-15-10-13(17)16-12-6-4-3-5-11(12)7-8-14(18)19/h1,3-6,15H,7-10H2,(H,16,17)(H,18,19). The van der Waals surface area contributed by atoms with Gasteiger partial charge in [-0.25, -0.2) is 0 Å². The molecule has 0 saturated carbocycles. The van der Waals surface area contributed by atoms with Gasteiger partial charge >= 0.3 is 5.97 Å². The molecule has 100 valence electrons. The molecule has 1 aromatic rings. The topological polar surface area (TPSA) is 78.4 Å². The first kappa shape index (κ1) is 14.7. The van der Waals surface area contributed by atoms with Crippen LogP contribution in [0.5, 0.6) is 0 Å². The van der Waals surface area contributed by atoms with Crippen molar-refractivity contribution in [2.75, 3.05) is 18.4 Å². The summed E-state index contributed by atoms with van der Waals surface area (Å²) >= 11 is 0. The molecule has 0 heterocycles. The Bertz CT molecular complexity index is 492. The zero-order valence-corrected chi connectivity index (χ0v) is 10.5. The third-order valence-electron chi connectivity index (χ3n) is 2.41. The first-order valence-corrected chi connectivity index (χ1v) is 5.87. The van der Waals surface area contributed by atoms with Crippen molar-refractivity contribution >= 4 is 17.6 Å². The molecule has 0 atom stereocenters. The second-order valence-corrected chi connectivity index (χ2v) is 3.91. The van der Waals surface area contributed by atoms with Crippen LogP contribution >= 0.6 is 0 Å². The maximum absolute atomic E-state index is 11.6. The van der Waals surface area contributed by atoms with Crippen molar-refractivity contribution in [2.24, 2.45) is 0 Å². The van der Waals surface area contributed by atoms with Gasteiger partial charge < -0.3 is 10.4 Å². The highest BCUT2D eigenvalue weighted by Gasteiger charge is 2.07. The first-order valence-electron chi connectivity index (χ1n) is 5.87. The minimum absolute atomic E-state index is 0.0300. The molecule has 0 aliphatic carbocycles. The van der Waals surface area contributed by atoms with Gasteiger partial charge in [-0.1, -0.05) is 24.1 Å². The predicted octanol–water partition coefficient (Wildman–Crippen LogP) is 0.865. The Morgan fingerprint density at radius 3 is 2.74 bits per heavy atom. The lowest BCUT2D eigenvalue weighted by atomic mass is 10.1. The molecule has 0 bridgehead atoms. The van der Waals surface area contributed by atoms with E-state index in [2.05, 4.69) is 16.6 Å². The minimum atomic E-state index is -0.864. The van der Waals surface area contributed by atoms with E-state index in [4.69, 9.17) is 11.5 Å². The number of rotatable bonds is 7. The average molecular weight is 260 g/mol. The molecule has 0 spiro atoms. The Morgan fingerprint density at radius 2 is 2.05 bits per heavy atom. The van der Waals surface area contributed by atoms with Crippen molar-refractivity contribution in [3.63, 3.8) is 0 Å². The number of aryl methyl sites for hydroxylation is 1. The molecule has 0 unspecified atom stereocenters. The van der Waals surface area contributed by atoms with Crippen LogP contribution in [-0.4, -0.2) is 30.1 Å². The summed E-state index contributed by atoms with van der Waals surface area (Å²) in [6.45, 7) is 0.450. The fraction of sp³-hybridized carbons (Fsp3) is 0.286. The number of anilines is 1. The molecular formula is C14H16N2O3. The van der Waals surface area contributed by atoms with Crippen molar-refractivity contribution < 1.29 is 14.7 Å². The number of benzene rings is 1. The molecule has 0 aliphatic heterocycles. The Labute approximate surface area is 112 Å². The van der Waals surface area contributed by atoms with Gasteiger partial charge in [0.25, 0.3) is 0 Å². The Morgan fingerprint density at radius 1 is 1.32 bits per heavy atom. The molecule has 5 nitrogen and oxygen atoms in total.